The molecule has 0 saturated carbocycles. The van der Waals surface area contributed by atoms with E-state index in [4.69, 9.17) is 0 Å². The van der Waals surface area contributed by atoms with Gasteiger partial charge in [-0.05, 0) is 36.6 Å². The Bertz CT molecular complexity index is 679. The Kier molecular flexibility index (Phi) is 6.07. The quantitative estimate of drug-likeness (QED) is 0.880. The topological polar surface area (TPSA) is 35.6 Å². The summed E-state index contributed by atoms with van der Waals surface area (Å²) in [5.41, 5.74) is 3.86. The molecule has 0 radical (unpaired) electrons. The third-order valence-corrected chi connectivity index (χ3v) is 4.84. The largest absolute Gasteiger partial charge is 0.369 e. The lowest BCUT2D eigenvalue weighted by atomic mass is 10.1. The molecule has 0 aromatic heterocycles. The van der Waals surface area contributed by atoms with Crippen molar-refractivity contribution in [1.29, 1.82) is 0 Å². The van der Waals surface area contributed by atoms with E-state index in [9.17, 15) is 4.79 Å². The number of anilines is 1. The molecule has 132 valence electrons. The molecule has 0 atom stereocenters. The normalized spacial score (nSPS) is 15.2. The highest BCUT2D eigenvalue weighted by Crippen LogP contribution is 2.15. The molecule has 25 heavy (non-hydrogen) atoms. The molecule has 3 rings (SSSR count). The summed E-state index contributed by atoms with van der Waals surface area (Å²) in [5, 5.41) is 3.05. The molecule has 1 aliphatic heterocycles. The molecule has 1 heterocycles. The molecule has 1 amide bonds. The van der Waals surface area contributed by atoms with Crippen molar-refractivity contribution >= 4 is 11.6 Å². The van der Waals surface area contributed by atoms with Gasteiger partial charge in [-0.3, -0.25) is 9.69 Å². The molecule has 0 aliphatic carbocycles. The van der Waals surface area contributed by atoms with Crippen molar-refractivity contribution in [2.45, 2.75) is 13.3 Å². The standard InChI is InChI=1S/C21H27N3O/c1-18-7-5-6-8-19(18)11-12-22-21(25)17-23-13-15-24(16-14-23)20-9-3-2-4-10-20/h2-10H,11-17H2,1H3,(H,22,25). The van der Waals surface area contributed by atoms with E-state index in [1.54, 1.807) is 0 Å². The molecule has 1 N–H and O–H groups in total. The Labute approximate surface area is 150 Å². The van der Waals surface area contributed by atoms with Gasteiger partial charge in [-0.15, -0.1) is 0 Å². The lowest BCUT2D eigenvalue weighted by Crippen LogP contribution is -2.49. The Morgan fingerprint density at radius 3 is 2.36 bits per heavy atom. The molecule has 1 aliphatic rings. The first-order valence-electron chi connectivity index (χ1n) is 9.06. The number of nitrogens with zero attached hydrogens (tertiary/aromatic N) is 2. The first-order chi connectivity index (χ1) is 12.2. The van der Waals surface area contributed by atoms with Crippen LogP contribution in [0.25, 0.3) is 0 Å². The lowest BCUT2D eigenvalue weighted by Gasteiger charge is -2.35. The van der Waals surface area contributed by atoms with E-state index < -0.39 is 0 Å². The summed E-state index contributed by atoms with van der Waals surface area (Å²) in [6, 6.07) is 18.8. The van der Waals surface area contributed by atoms with Gasteiger partial charge in [-0.1, -0.05) is 42.5 Å². The zero-order valence-electron chi connectivity index (χ0n) is 14.9. The number of hydrogen-bond donors (Lipinski definition) is 1. The van der Waals surface area contributed by atoms with Crippen LogP contribution in [0.1, 0.15) is 11.1 Å². The molecular formula is C21H27N3O. The van der Waals surface area contributed by atoms with Crippen molar-refractivity contribution < 1.29 is 4.79 Å². The number of carbonyl (C=O) groups is 1. The molecule has 0 spiro atoms. The van der Waals surface area contributed by atoms with Gasteiger partial charge in [0.2, 0.25) is 5.91 Å². The number of piperazine rings is 1. The van der Waals surface area contributed by atoms with E-state index in [0.29, 0.717) is 13.1 Å². The maximum atomic E-state index is 12.2. The zero-order chi connectivity index (χ0) is 17.5. The van der Waals surface area contributed by atoms with Gasteiger partial charge in [0.25, 0.3) is 0 Å². The number of aryl methyl sites for hydroxylation is 1. The highest BCUT2D eigenvalue weighted by atomic mass is 16.2. The minimum atomic E-state index is 0.127. The molecule has 0 unspecified atom stereocenters. The van der Waals surface area contributed by atoms with Gasteiger partial charge in [0.1, 0.15) is 0 Å². The van der Waals surface area contributed by atoms with Crippen LogP contribution in [0.5, 0.6) is 0 Å². The Hall–Kier alpha value is -2.33. The highest BCUT2D eigenvalue weighted by Gasteiger charge is 2.18. The second kappa shape index (κ2) is 8.67. The van der Waals surface area contributed by atoms with Crippen LogP contribution in [0, 0.1) is 6.92 Å². The molecule has 4 nitrogen and oxygen atoms in total. The van der Waals surface area contributed by atoms with Crippen molar-refractivity contribution in [1.82, 2.24) is 10.2 Å². The van der Waals surface area contributed by atoms with Gasteiger partial charge in [-0.2, -0.15) is 0 Å². The van der Waals surface area contributed by atoms with Gasteiger partial charge >= 0.3 is 0 Å². The maximum absolute atomic E-state index is 12.2. The Morgan fingerprint density at radius 1 is 0.960 bits per heavy atom. The van der Waals surface area contributed by atoms with Crippen molar-refractivity contribution in [2.75, 3.05) is 44.2 Å². The number of nitrogens with one attached hydrogen (secondary N) is 1. The fraction of sp³-hybridized carbons (Fsp3) is 0.381. The SMILES string of the molecule is Cc1ccccc1CCNC(=O)CN1CCN(c2ccccc2)CC1. The van der Waals surface area contributed by atoms with E-state index in [1.165, 1.54) is 16.8 Å². The van der Waals surface area contributed by atoms with E-state index in [0.717, 1.165) is 32.6 Å². The number of para-hydroxylation sites is 1. The van der Waals surface area contributed by atoms with Crippen molar-refractivity contribution in [3.05, 3.63) is 65.7 Å². The molecule has 2 aromatic carbocycles. The highest BCUT2D eigenvalue weighted by molar-refractivity contribution is 5.78. The van der Waals surface area contributed by atoms with E-state index >= 15 is 0 Å². The van der Waals surface area contributed by atoms with E-state index in [2.05, 4.69) is 64.5 Å². The summed E-state index contributed by atoms with van der Waals surface area (Å²) in [6.07, 6.45) is 0.889. The average Bonchev–Trinajstić information content (AvgIpc) is 2.65. The maximum Gasteiger partial charge on any atom is 0.234 e. The predicted octanol–water partition coefficient (Wildman–Crippen LogP) is 2.48. The average molecular weight is 337 g/mol. The van der Waals surface area contributed by atoms with Crippen LogP contribution in [0.4, 0.5) is 5.69 Å². The van der Waals surface area contributed by atoms with Gasteiger partial charge < -0.3 is 10.2 Å². The van der Waals surface area contributed by atoms with Crippen molar-refractivity contribution in [2.24, 2.45) is 0 Å². The monoisotopic (exact) mass is 337 g/mol. The molecule has 2 aromatic rings. The number of rotatable bonds is 6. The van der Waals surface area contributed by atoms with Gasteiger partial charge in [0, 0.05) is 38.4 Å². The minimum Gasteiger partial charge on any atom is -0.369 e. The van der Waals surface area contributed by atoms with E-state index in [-0.39, 0.29) is 5.91 Å². The first kappa shape index (κ1) is 17.5. The first-order valence-corrected chi connectivity index (χ1v) is 9.06. The summed E-state index contributed by atoms with van der Waals surface area (Å²) in [6.45, 7) is 7.12. The molecule has 4 heteroatoms. The Morgan fingerprint density at radius 2 is 1.64 bits per heavy atom. The smallest absolute Gasteiger partial charge is 0.234 e. The summed E-state index contributed by atoms with van der Waals surface area (Å²) < 4.78 is 0. The van der Waals surface area contributed by atoms with Crippen LogP contribution in [-0.2, 0) is 11.2 Å². The molecule has 1 saturated heterocycles. The summed E-state index contributed by atoms with van der Waals surface area (Å²) in [7, 11) is 0. The van der Waals surface area contributed by atoms with Crippen LogP contribution < -0.4 is 10.2 Å². The number of benzene rings is 2. The van der Waals surface area contributed by atoms with Crippen molar-refractivity contribution in [3.8, 4) is 0 Å². The van der Waals surface area contributed by atoms with Gasteiger partial charge in [0.05, 0.1) is 6.54 Å². The van der Waals surface area contributed by atoms with Crippen LogP contribution in [0.2, 0.25) is 0 Å². The number of carbonyl (C=O) groups excluding carboxylic acids is 1. The van der Waals surface area contributed by atoms with Crippen LogP contribution in [0.15, 0.2) is 54.6 Å². The fourth-order valence-corrected chi connectivity index (χ4v) is 3.29. The second-order valence-corrected chi connectivity index (χ2v) is 6.63. The lowest BCUT2D eigenvalue weighted by molar-refractivity contribution is -0.122. The van der Waals surface area contributed by atoms with Crippen LogP contribution >= 0.6 is 0 Å². The van der Waals surface area contributed by atoms with E-state index in [1.807, 2.05) is 12.1 Å². The Balaban J connectivity index is 1.37. The fourth-order valence-electron chi connectivity index (χ4n) is 3.29. The van der Waals surface area contributed by atoms with Gasteiger partial charge in [0.15, 0.2) is 0 Å². The minimum absolute atomic E-state index is 0.127. The second-order valence-electron chi connectivity index (χ2n) is 6.63. The third kappa shape index (κ3) is 5.07. The van der Waals surface area contributed by atoms with Crippen LogP contribution in [0.3, 0.4) is 0 Å². The zero-order valence-corrected chi connectivity index (χ0v) is 14.9. The molecular weight excluding hydrogens is 310 g/mol. The number of amides is 1. The molecule has 0 bridgehead atoms. The van der Waals surface area contributed by atoms with Crippen molar-refractivity contribution in [3.63, 3.8) is 0 Å². The molecule has 1 fully saturated rings. The van der Waals surface area contributed by atoms with Crippen LogP contribution in [-0.4, -0.2) is 50.1 Å². The number of hydrogen-bond acceptors (Lipinski definition) is 3. The summed E-state index contributed by atoms with van der Waals surface area (Å²) in [4.78, 5) is 16.8. The summed E-state index contributed by atoms with van der Waals surface area (Å²) >= 11 is 0. The summed E-state index contributed by atoms with van der Waals surface area (Å²) in [5.74, 6) is 0.127. The third-order valence-electron chi connectivity index (χ3n) is 4.84. The predicted molar refractivity (Wildman–Crippen MR) is 103 cm³/mol. The van der Waals surface area contributed by atoms with Gasteiger partial charge in [-0.25, -0.2) is 0 Å².